The van der Waals surface area contributed by atoms with E-state index in [0.29, 0.717) is 28.7 Å². The van der Waals surface area contributed by atoms with Crippen LogP contribution in [0.5, 0.6) is 28.7 Å². The van der Waals surface area contributed by atoms with Crippen LogP contribution < -0.4 is 23.7 Å². The lowest BCUT2D eigenvalue weighted by Gasteiger charge is -2.43. The fourth-order valence-corrected chi connectivity index (χ4v) is 5.77. The Morgan fingerprint density at radius 3 is 0.766 bits per heavy atom. The van der Waals surface area contributed by atoms with Crippen molar-refractivity contribution < 1.29 is 23.7 Å². The van der Waals surface area contributed by atoms with Gasteiger partial charge in [-0.25, -0.2) is 0 Å². The van der Waals surface area contributed by atoms with Gasteiger partial charge in [0.05, 0.1) is 5.41 Å². The summed E-state index contributed by atoms with van der Waals surface area (Å²) >= 11 is 0. The summed E-state index contributed by atoms with van der Waals surface area (Å²) in [7, 11) is 0. The second-order valence-electron chi connectivity index (χ2n) is 9.92. The summed E-state index contributed by atoms with van der Waals surface area (Å²) in [5.74, 6) is 1.21. The van der Waals surface area contributed by atoms with Crippen molar-refractivity contribution >= 4 is 0 Å². The van der Waals surface area contributed by atoms with Gasteiger partial charge in [-0.2, -0.15) is 0 Å². The molecule has 10 nitrogen and oxygen atoms in total. The SMILES string of the molecule is N#COc1ccc(C(c2ccc(OC#N)cc2)C(c2ccc(OC#N)cc2)(c2ccc(OC#N)cc2)c2ccc(OC#N)cc2)cc1. The van der Waals surface area contributed by atoms with Crippen molar-refractivity contribution in [1.82, 2.24) is 0 Å². The normalized spacial score (nSPS) is 10.2. The molecule has 5 rings (SSSR count). The second-order valence-corrected chi connectivity index (χ2v) is 9.92. The molecular formula is C37H21N5O5. The summed E-state index contributed by atoms with van der Waals surface area (Å²) in [6.45, 7) is 0. The molecule has 0 saturated heterocycles. The van der Waals surface area contributed by atoms with E-state index in [0.717, 1.165) is 27.8 Å². The molecule has 0 aliphatic rings. The first-order chi connectivity index (χ1) is 23.1. The van der Waals surface area contributed by atoms with Crippen molar-refractivity contribution in [1.29, 1.82) is 26.3 Å². The third-order valence-electron chi connectivity index (χ3n) is 7.61. The minimum absolute atomic E-state index is 0.341. The van der Waals surface area contributed by atoms with Crippen LogP contribution in [0.4, 0.5) is 0 Å². The van der Waals surface area contributed by atoms with Crippen LogP contribution >= 0.6 is 0 Å². The molecule has 0 aromatic heterocycles. The number of nitriles is 5. The van der Waals surface area contributed by atoms with Crippen LogP contribution in [0.1, 0.15) is 33.7 Å². The van der Waals surface area contributed by atoms with E-state index in [-0.39, 0.29) is 0 Å². The van der Waals surface area contributed by atoms with Gasteiger partial charge in [0, 0.05) is 5.92 Å². The fourth-order valence-electron chi connectivity index (χ4n) is 5.77. The molecule has 0 heterocycles. The third kappa shape index (κ3) is 6.42. The molecule has 10 heteroatoms. The molecule has 0 N–H and O–H groups in total. The Bertz CT molecular complexity index is 1840. The second kappa shape index (κ2) is 14.3. The molecule has 0 fully saturated rings. The maximum absolute atomic E-state index is 9.15. The van der Waals surface area contributed by atoms with Gasteiger partial charge in [-0.1, -0.05) is 60.7 Å². The van der Waals surface area contributed by atoms with Crippen molar-refractivity contribution in [3.8, 4) is 60.0 Å². The fraction of sp³-hybridized carbons (Fsp3) is 0.0541. The number of benzene rings is 5. The largest absolute Gasteiger partial charge is 0.388 e. The maximum atomic E-state index is 9.15. The highest BCUT2D eigenvalue weighted by molar-refractivity contribution is 5.60. The summed E-state index contributed by atoms with van der Waals surface area (Å²) in [5.41, 5.74) is 2.91. The summed E-state index contributed by atoms with van der Waals surface area (Å²) in [4.78, 5) is 0. The molecule has 5 aromatic carbocycles. The van der Waals surface area contributed by atoms with E-state index in [9.17, 15) is 0 Å². The van der Waals surface area contributed by atoms with Crippen LogP contribution in [0.3, 0.4) is 0 Å². The van der Waals surface area contributed by atoms with Gasteiger partial charge < -0.3 is 23.7 Å². The average molecular weight is 616 g/mol. The van der Waals surface area contributed by atoms with Gasteiger partial charge in [-0.3, -0.25) is 0 Å². The standard InChI is InChI=1S/C37H21N5O5/c38-21-43-31-11-1-26(2-12-31)36(27-3-13-32(14-4-27)44-22-39)37(28-5-15-33(16-6-28)45-23-40,29-7-17-34(18-8-29)46-24-41)30-9-19-35(20-10-30)47-25-42/h1-20,36H. The highest BCUT2D eigenvalue weighted by atomic mass is 16.5. The summed E-state index contributed by atoms with van der Waals surface area (Å²) in [5, 5.41) is 45.7. The molecule has 5 aromatic rings. The Hall–Kier alpha value is -7.45. The highest BCUT2D eigenvalue weighted by Crippen LogP contribution is 2.53. The lowest BCUT2D eigenvalue weighted by molar-refractivity contribution is 0.494. The zero-order valence-electron chi connectivity index (χ0n) is 24.4. The van der Waals surface area contributed by atoms with Crippen LogP contribution in [-0.2, 0) is 5.41 Å². The predicted molar refractivity (Wildman–Crippen MR) is 165 cm³/mol. The molecule has 0 amide bonds. The highest BCUT2D eigenvalue weighted by Gasteiger charge is 2.45. The smallest absolute Gasteiger partial charge is 0.292 e. The van der Waals surface area contributed by atoms with Gasteiger partial charge in [-0.05, 0) is 88.5 Å². The van der Waals surface area contributed by atoms with Crippen LogP contribution in [0, 0.1) is 57.6 Å². The molecule has 0 bridgehead atoms. The van der Waals surface area contributed by atoms with Gasteiger partial charge in [0.25, 0.3) is 31.3 Å². The molecular weight excluding hydrogens is 594 g/mol. The molecule has 0 atom stereocenters. The average Bonchev–Trinajstić information content (AvgIpc) is 3.10. The van der Waals surface area contributed by atoms with Crippen molar-refractivity contribution in [3.05, 3.63) is 149 Å². The Labute approximate surface area is 270 Å². The lowest BCUT2D eigenvalue weighted by atomic mass is 9.58. The van der Waals surface area contributed by atoms with Crippen LogP contribution in [0.25, 0.3) is 0 Å². The Kier molecular flexibility index (Phi) is 9.46. The molecule has 224 valence electrons. The Balaban J connectivity index is 1.90. The van der Waals surface area contributed by atoms with Gasteiger partial charge in [0.15, 0.2) is 0 Å². The van der Waals surface area contributed by atoms with E-state index in [1.807, 2.05) is 60.7 Å². The first-order valence-electron chi connectivity index (χ1n) is 13.9. The van der Waals surface area contributed by atoms with Crippen molar-refractivity contribution in [2.45, 2.75) is 11.3 Å². The van der Waals surface area contributed by atoms with E-state index in [4.69, 9.17) is 50.0 Å². The number of hydrogen-bond acceptors (Lipinski definition) is 10. The molecule has 47 heavy (non-hydrogen) atoms. The van der Waals surface area contributed by atoms with Gasteiger partial charge >= 0.3 is 0 Å². The first-order valence-corrected chi connectivity index (χ1v) is 13.9. The van der Waals surface area contributed by atoms with E-state index >= 15 is 0 Å². The van der Waals surface area contributed by atoms with Crippen molar-refractivity contribution in [2.75, 3.05) is 0 Å². The van der Waals surface area contributed by atoms with Gasteiger partial charge in [0.2, 0.25) is 0 Å². The van der Waals surface area contributed by atoms with Gasteiger partial charge in [-0.15, -0.1) is 26.3 Å². The molecule has 0 aliphatic heterocycles. The number of nitrogens with zero attached hydrogens (tertiary/aromatic N) is 5. The monoisotopic (exact) mass is 615 g/mol. The summed E-state index contributed by atoms with van der Waals surface area (Å²) in [6.07, 6.45) is 8.48. The number of hydrogen-bond donors (Lipinski definition) is 0. The predicted octanol–water partition coefficient (Wildman–Crippen LogP) is 7.15. The Morgan fingerprint density at radius 1 is 0.340 bits per heavy atom. The maximum Gasteiger partial charge on any atom is 0.292 e. The Morgan fingerprint density at radius 2 is 0.553 bits per heavy atom. The van der Waals surface area contributed by atoms with Crippen molar-refractivity contribution in [3.63, 3.8) is 0 Å². The van der Waals surface area contributed by atoms with E-state index in [1.54, 1.807) is 91.9 Å². The molecule has 0 unspecified atom stereocenters. The van der Waals surface area contributed by atoms with E-state index in [2.05, 4.69) is 0 Å². The minimum atomic E-state index is -1.07. The molecule has 0 spiro atoms. The van der Waals surface area contributed by atoms with Gasteiger partial charge in [0.1, 0.15) is 28.7 Å². The zero-order valence-corrected chi connectivity index (χ0v) is 24.4. The van der Waals surface area contributed by atoms with E-state index in [1.165, 1.54) is 0 Å². The summed E-state index contributed by atoms with van der Waals surface area (Å²) in [6, 6.07) is 35.5. The molecule has 0 saturated carbocycles. The minimum Gasteiger partial charge on any atom is -0.388 e. The quantitative estimate of drug-likeness (QED) is 0.110. The zero-order chi connectivity index (χ0) is 33.1. The first kappa shape index (κ1) is 31.0. The summed E-state index contributed by atoms with van der Waals surface area (Å²) < 4.78 is 25.5. The van der Waals surface area contributed by atoms with Crippen LogP contribution in [0.15, 0.2) is 121 Å². The molecule has 0 aliphatic carbocycles. The van der Waals surface area contributed by atoms with Crippen LogP contribution in [0.2, 0.25) is 0 Å². The van der Waals surface area contributed by atoms with E-state index < -0.39 is 11.3 Å². The molecule has 0 radical (unpaired) electrons. The number of rotatable bonds is 11. The van der Waals surface area contributed by atoms with Crippen molar-refractivity contribution in [2.24, 2.45) is 0 Å². The number of ether oxygens (including phenoxy) is 5. The topological polar surface area (TPSA) is 165 Å². The lowest BCUT2D eigenvalue weighted by Crippen LogP contribution is -2.37. The van der Waals surface area contributed by atoms with Crippen LogP contribution in [-0.4, -0.2) is 0 Å². The third-order valence-corrected chi connectivity index (χ3v) is 7.61.